The first-order valence-corrected chi connectivity index (χ1v) is 21.6. The summed E-state index contributed by atoms with van der Waals surface area (Å²) in [7, 11) is 0. The Kier molecular flexibility index (Phi) is 30.4. The summed E-state index contributed by atoms with van der Waals surface area (Å²) >= 11 is 0. The van der Waals surface area contributed by atoms with E-state index >= 15 is 0 Å². The molecule has 73 heavy (non-hydrogen) atoms. The highest BCUT2D eigenvalue weighted by Crippen LogP contribution is 2.21. The number of nitrogen functional groups attached to an aromatic ring is 2. The Morgan fingerprint density at radius 3 is 1.05 bits per heavy atom. The van der Waals surface area contributed by atoms with E-state index in [1.807, 2.05) is 48.5 Å². The van der Waals surface area contributed by atoms with E-state index < -0.39 is 66.7 Å². The van der Waals surface area contributed by atoms with E-state index in [0.29, 0.717) is 40.1 Å². The van der Waals surface area contributed by atoms with Crippen molar-refractivity contribution in [2.45, 2.75) is 26.1 Å². The van der Waals surface area contributed by atoms with Gasteiger partial charge in [0.05, 0.1) is 120 Å². The number of carbonyl (C=O) groups is 5. The molecule has 0 atom stereocenters. The van der Waals surface area contributed by atoms with Crippen molar-refractivity contribution in [2.75, 3.05) is 84.1 Å². The number of hydrogen-bond donors (Lipinski definition) is 12. The van der Waals surface area contributed by atoms with E-state index in [9.17, 15) is 38.4 Å². The zero-order valence-electron chi connectivity index (χ0n) is 39.2. The van der Waals surface area contributed by atoms with Crippen molar-refractivity contribution >= 4 is 41.2 Å². The minimum atomic E-state index is -1.15. The molecular weight excluding hydrogens is 971 g/mol. The second-order valence-electron chi connectivity index (χ2n) is 14.2. The number of nitrogens with zero attached hydrogens (tertiary/aromatic N) is 3. The van der Waals surface area contributed by atoms with Crippen LogP contribution in [0.1, 0.15) is 62.9 Å². The highest BCUT2D eigenvalue weighted by molar-refractivity contribution is 6.15. The Morgan fingerprint density at radius 2 is 0.753 bits per heavy atom. The molecule has 1 aliphatic heterocycles. The number of benzene rings is 4. The summed E-state index contributed by atoms with van der Waals surface area (Å²) in [4.78, 5) is 88.5. The first-order chi connectivity index (χ1) is 34.8. The molecule has 5 aromatic rings. The molecule has 0 fully saturated rings. The van der Waals surface area contributed by atoms with Crippen LogP contribution in [0.15, 0.2) is 105 Å². The molecule has 0 aliphatic carbocycles. The number of hydrogen-bond acceptors (Lipinski definition) is 20. The number of carboxylic acid groups (broad SMARTS) is 3. The van der Waals surface area contributed by atoms with Crippen LogP contribution in [0.3, 0.4) is 0 Å². The summed E-state index contributed by atoms with van der Waals surface area (Å²) in [5.74, 6) is -4.81. The topological polar surface area (TPSA) is 433 Å². The molecule has 398 valence electrons. The zero-order chi connectivity index (χ0) is 54.9. The average molecular weight is 1030 g/mol. The van der Waals surface area contributed by atoms with Crippen LogP contribution in [0.25, 0.3) is 0 Å². The van der Waals surface area contributed by atoms with Gasteiger partial charge < -0.3 is 76.7 Å². The number of aliphatic hydroxyl groups excluding tert-OH is 7. The number of carbonyl (C=O) groups excluding carboxylic acids is 2. The lowest BCUT2D eigenvalue weighted by atomic mass is 10.0. The summed E-state index contributed by atoms with van der Waals surface area (Å²) in [6.07, 6.45) is 0.917. The van der Waals surface area contributed by atoms with Crippen LogP contribution in [0.4, 0.5) is 11.4 Å². The van der Waals surface area contributed by atoms with Gasteiger partial charge in [0, 0.05) is 11.4 Å². The maximum Gasteiger partial charge on any atom is 0.346 e. The van der Waals surface area contributed by atoms with Crippen molar-refractivity contribution in [3.63, 3.8) is 0 Å². The lowest BCUT2D eigenvalue weighted by Crippen LogP contribution is -2.55. The van der Waals surface area contributed by atoms with Gasteiger partial charge in [0.1, 0.15) is 0 Å². The van der Waals surface area contributed by atoms with E-state index in [0.717, 1.165) is 23.9 Å². The highest BCUT2D eigenvalue weighted by atomic mass is 16.6. The Morgan fingerprint density at radius 1 is 0.425 bits per heavy atom. The number of rotatable bonds is 19. The number of aliphatic hydroxyl groups is 7. The molecule has 0 bridgehead atoms. The van der Waals surface area contributed by atoms with E-state index in [4.69, 9.17) is 72.0 Å². The molecule has 0 radical (unpaired) electrons. The first kappa shape index (κ1) is 63.1. The van der Waals surface area contributed by atoms with Crippen molar-refractivity contribution in [2.24, 2.45) is 0 Å². The fraction of sp³-hybridized carbons (Fsp3) is 0.319. The van der Waals surface area contributed by atoms with E-state index in [-0.39, 0.29) is 73.9 Å². The van der Waals surface area contributed by atoms with Crippen molar-refractivity contribution in [1.82, 2.24) is 13.7 Å². The van der Waals surface area contributed by atoms with Crippen LogP contribution in [0.5, 0.6) is 0 Å². The fourth-order valence-corrected chi connectivity index (χ4v) is 5.49. The Balaban J connectivity index is 0.000000453. The van der Waals surface area contributed by atoms with E-state index in [1.54, 1.807) is 0 Å². The molecule has 6 rings (SSSR count). The van der Waals surface area contributed by atoms with Gasteiger partial charge in [-0.3, -0.25) is 0 Å². The summed E-state index contributed by atoms with van der Waals surface area (Å²) in [6, 6.07) is 24.6. The van der Waals surface area contributed by atoms with Crippen LogP contribution in [0.2, 0.25) is 0 Å². The molecule has 2 heterocycles. The maximum atomic E-state index is 11.8. The molecule has 26 heteroatoms. The number of ether oxygens (including phenoxy) is 3. The third-order valence-corrected chi connectivity index (χ3v) is 8.94. The standard InChI is InChI=1S/C13H14N2.C9H15N3O6.C9H4O5.C8H6O4.C6H14O4.C2H6O2/c14-12-5-1-10(2-6-12)9-11-3-7-13(15)8-4-11;13-4-1-10-7(16)11(2-5-14)9(18)12(3-6-15)8(10)17;10-7(11)4-1-2-5-6(3-4)9(13)14-8(5)12;9-7(10)5-1-2-6(4-3-5)8(11)12;7-1-3-9-5-6-10-4-2-8;3-1-2-4/h1-8H,9,14-15H2;13-15H,1-6H2;1-3H,(H,10,11);1-4H,(H,9,10)(H,11,12);7-8H,1-6H2;3-4H,1-2H2. The number of cyclic esters (lactones) is 2. The molecule has 0 saturated carbocycles. The van der Waals surface area contributed by atoms with Gasteiger partial charge in [-0.25, -0.2) is 52.1 Å². The van der Waals surface area contributed by atoms with Crippen LogP contribution in [0, 0.1) is 0 Å². The van der Waals surface area contributed by atoms with Gasteiger partial charge in [0.15, 0.2) is 0 Å². The highest BCUT2D eigenvalue weighted by Gasteiger charge is 2.30. The predicted octanol–water partition coefficient (Wildman–Crippen LogP) is -1.66. The van der Waals surface area contributed by atoms with Crippen molar-refractivity contribution in [3.8, 4) is 0 Å². The second-order valence-corrected chi connectivity index (χ2v) is 14.2. The number of esters is 2. The van der Waals surface area contributed by atoms with Gasteiger partial charge in [-0.2, -0.15) is 0 Å². The minimum Gasteiger partial charge on any atom is -0.478 e. The molecular formula is C47H59N5O21. The monoisotopic (exact) mass is 1030 g/mol. The maximum absolute atomic E-state index is 11.8. The summed E-state index contributed by atoms with van der Waals surface area (Å²) < 4.78 is 16.1. The SMILES string of the molecule is Nc1ccc(Cc2ccc(N)cc2)cc1.O=C(O)c1ccc(C(=O)O)cc1.O=C(O)c1ccc2c(c1)C(=O)OC2=O.O=c1n(CCO)c(=O)n(CCO)c(=O)n1CCO.OCCO.OCCOCCOCCO. The summed E-state index contributed by atoms with van der Waals surface area (Å²) in [6.45, 7) is -0.604. The van der Waals surface area contributed by atoms with Gasteiger partial charge in [-0.1, -0.05) is 24.3 Å². The van der Waals surface area contributed by atoms with Crippen LogP contribution in [-0.2, 0) is 40.3 Å². The molecule has 4 aromatic carbocycles. The molecule has 1 aromatic heterocycles. The summed E-state index contributed by atoms with van der Waals surface area (Å²) in [5, 5.41) is 83.7. The van der Waals surface area contributed by atoms with E-state index in [2.05, 4.69) is 4.74 Å². The van der Waals surface area contributed by atoms with Crippen LogP contribution >= 0.6 is 0 Å². The number of nitrogens with two attached hydrogens (primary N) is 2. The van der Waals surface area contributed by atoms with Crippen LogP contribution in [-0.4, -0.2) is 167 Å². The quantitative estimate of drug-likeness (QED) is 0.0191. The fourth-order valence-electron chi connectivity index (χ4n) is 5.49. The molecule has 0 spiro atoms. The number of aromatic carboxylic acids is 3. The Hall–Kier alpha value is -7.92. The summed E-state index contributed by atoms with van der Waals surface area (Å²) in [5.41, 5.74) is 12.9. The van der Waals surface area contributed by atoms with Crippen molar-refractivity contribution in [1.29, 1.82) is 0 Å². The van der Waals surface area contributed by atoms with Crippen molar-refractivity contribution < 1.29 is 89.2 Å². The smallest absolute Gasteiger partial charge is 0.346 e. The first-order valence-electron chi connectivity index (χ1n) is 21.6. The third kappa shape index (κ3) is 22.8. The average Bonchev–Trinajstić information content (AvgIpc) is 3.67. The lowest BCUT2D eigenvalue weighted by Gasteiger charge is -2.11. The van der Waals surface area contributed by atoms with Gasteiger partial charge >= 0.3 is 46.9 Å². The zero-order valence-corrected chi connectivity index (χ0v) is 39.2. The number of fused-ring (bicyclic) bond motifs is 1. The van der Waals surface area contributed by atoms with Gasteiger partial charge in [-0.05, 0) is 84.3 Å². The minimum absolute atomic E-state index is 0.00917. The van der Waals surface area contributed by atoms with E-state index in [1.165, 1.54) is 47.5 Å². The molecule has 0 amide bonds. The van der Waals surface area contributed by atoms with Crippen LogP contribution < -0.4 is 28.5 Å². The number of anilines is 2. The van der Waals surface area contributed by atoms with Gasteiger partial charge in [-0.15, -0.1) is 0 Å². The molecule has 14 N–H and O–H groups in total. The Labute approximate surface area is 415 Å². The molecule has 0 unspecified atom stereocenters. The normalized spacial score (nSPS) is 10.7. The molecule has 26 nitrogen and oxygen atoms in total. The molecule has 0 saturated heterocycles. The predicted molar refractivity (Wildman–Crippen MR) is 258 cm³/mol. The largest absolute Gasteiger partial charge is 0.478 e. The number of aromatic nitrogens is 3. The number of carboxylic acids is 3. The van der Waals surface area contributed by atoms with Gasteiger partial charge in [0.25, 0.3) is 0 Å². The van der Waals surface area contributed by atoms with Gasteiger partial charge in [0.2, 0.25) is 0 Å². The van der Waals surface area contributed by atoms with Crippen molar-refractivity contribution in [3.05, 3.63) is 161 Å². The molecule has 1 aliphatic rings. The lowest BCUT2D eigenvalue weighted by molar-refractivity contribution is 0.0222. The Bertz CT molecular complexity index is 2470. The second kappa shape index (κ2) is 35.2. The third-order valence-electron chi connectivity index (χ3n) is 8.94.